The van der Waals surface area contributed by atoms with Gasteiger partial charge in [0.25, 0.3) is 0 Å². The minimum absolute atomic E-state index is 0.286. The molecule has 3 nitrogen and oxygen atoms in total. The normalized spacial score (nSPS) is 27.2. The van der Waals surface area contributed by atoms with Crippen molar-refractivity contribution in [3.63, 3.8) is 0 Å². The lowest BCUT2D eigenvalue weighted by Crippen LogP contribution is -2.45. The number of nitrogens with zero attached hydrogens (tertiary/aromatic N) is 1. The van der Waals surface area contributed by atoms with Crippen molar-refractivity contribution in [1.29, 1.82) is 0 Å². The van der Waals surface area contributed by atoms with Crippen LogP contribution in [0.5, 0.6) is 0 Å². The molecule has 0 bridgehead atoms. The first kappa shape index (κ1) is 12.0. The van der Waals surface area contributed by atoms with Gasteiger partial charge in [-0.3, -0.25) is 4.90 Å². The van der Waals surface area contributed by atoms with E-state index in [0.717, 1.165) is 19.6 Å². The molecular formula is C11H23NO2. The van der Waals surface area contributed by atoms with E-state index in [1.165, 1.54) is 19.3 Å². The number of hydrogen-bond donors (Lipinski definition) is 1. The number of hydrogen-bond acceptors (Lipinski definition) is 3. The zero-order chi connectivity index (χ0) is 10.4. The van der Waals surface area contributed by atoms with Gasteiger partial charge in [0.1, 0.15) is 0 Å². The van der Waals surface area contributed by atoms with Crippen molar-refractivity contribution < 1.29 is 9.84 Å². The van der Waals surface area contributed by atoms with E-state index in [-0.39, 0.29) is 6.61 Å². The molecule has 0 aromatic rings. The van der Waals surface area contributed by atoms with E-state index < -0.39 is 0 Å². The highest BCUT2D eigenvalue weighted by Crippen LogP contribution is 2.18. The highest BCUT2D eigenvalue weighted by atomic mass is 16.5. The Hall–Kier alpha value is -0.120. The topological polar surface area (TPSA) is 32.7 Å². The number of aliphatic hydroxyl groups is 1. The molecule has 0 radical (unpaired) electrons. The molecule has 0 spiro atoms. The predicted octanol–water partition coefficient (Wildman–Crippen LogP) is 1.26. The molecular weight excluding hydrogens is 178 g/mol. The summed E-state index contributed by atoms with van der Waals surface area (Å²) in [6.07, 6.45) is 4.93. The van der Waals surface area contributed by atoms with Crippen LogP contribution in [-0.2, 0) is 4.74 Å². The third kappa shape index (κ3) is 3.23. The second-order valence-corrected chi connectivity index (χ2v) is 4.23. The highest BCUT2D eigenvalue weighted by molar-refractivity contribution is 4.78. The second kappa shape index (κ2) is 6.38. The molecule has 1 heterocycles. The molecule has 1 rings (SSSR count). The fourth-order valence-electron chi connectivity index (χ4n) is 2.31. The van der Waals surface area contributed by atoms with Gasteiger partial charge in [0.05, 0.1) is 13.2 Å². The monoisotopic (exact) mass is 201 g/mol. The Kier molecular flexibility index (Phi) is 5.45. The zero-order valence-corrected chi connectivity index (χ0v) is 9.41. The molecule has 2 unspecified atom stereocenters. The van der Waals surface area contributed by atoms with E-state index in [4.69, 9.17) is 4.74 Å². The van der Waals surface area contributed by atoms with Gasteiger partial charge in [0, 0.05) is 19.2 Å². The summed E-state index contributed by atoms with van der Waals surface area (Å²) in [5.41, 5.74) is 0. The molecule has 1 N–H and O–H groups in total. The van der Waals surface area contributed by atoms with Crippen LogP contribution in [0.3, 0.4) is 0 Å². The summed E-state index contributed by atoms with van der Waals surface area (Å²) in [5, 5.41) is 9.32. The summed E-state index contributed by atoms with van der Waals surface area (Å²) in [4.78, 5) is 2.40. The average Bonchev–Trinajstić information content (AvgIpc) is 2.42. The van der Waals surface area contributed by atoms with Gasteiger partial charge in [-0.2, -0.15) is 0 Å². The van der Waals surface area contributed by atoms with Gasteiger partial charge in [-0.1, -0.05) is 12.8 Å². The number of rotatable bonds is 4. The first-order valence-corrected chi connectivity index (χ1v) is 5.65. The molecule has 84 valence electrons. The summed E-state index contributed by atoms with van der Waals surface area (Å²) in [6.45, 7) is 4.33. The molecule has 0 amide bonds. The first-order chi connectivity index (χ1) is 6.79. The summed E-state index contributed by atoms with van der Waals surface area (Å²) in [6, 6.07) is 0.776. The minimum atomic E-state index is 0.286. The molecule has 2 atom stereocenters. The van der Waals surface area contributed by atoms with Gasteiger partial charge < -0.3 is 9.84 Å². The van der Waals surface area contributed by atoms with Crippen LogP contribution >= 0.6 is 0 Å². The SMILES string of the molecule is COCC(C)N1CCCCCC1CO. The van der Waals surface area contributed by atoms with Crippen LogP contribution < -0.4 is 0 Å². The Morgan fingerprint density at radius 1 is 1.43 bits per heavy atom. The first-order valence-electron chi connectivity index (χ1n) is 5.65. The van der Waals surface area contributed by atoms with Crippen LogP contribution in [0.25, 0.3) is 0 Å². The van der Waals surface area contributed by atoms with Gasteiger partial charge in [0.15, 0.2) is 0 Å². The Balaban J connectivity index is 2.50. The predicted molar refractivity (Wildman–Crippen MR) is 57.4 cm³/mol. The van der Waals surface area contributed by atoms with Gasteiger partial charge in [-0.15, -0.1) is 0 Å². The Morgan fingerprint density at radius 2 is 2.21 bits per heavy atom. The largest absolute Gasteiger partial charge is 0.395 e. The molecule has 1 aliphatic rings. The highest BCUT2D eigenvalue weighted by Gasteiger charge is 2.24. The van der Waals surface area contributed by atoms with Crippen molar-refractivity contribution in [3.05, 3.63) is 0 Å². The van der Waals surface area contributed by atoms with Crippen LogP contribution in [0.1, 0.15) is 32.6 Å². The lowest BCUT2D eigenvalue weighted by Gasteiger charge is -2.33. The second-order valence-electron chi connectivity index (χ2n) is 4.23. The Labute approximate surface area is 87.1 Å². The third-order valence-electron chi connectivity index (χ3n) is 3.11. The molecule has 0 aromatic heterocycles. The Bertz CT molecular complexity index is 152. The maximum atomic E-state index is 9.32. The standard InChI is InChI=1S/C11H23NO2/c1-10(9-14-2)12-7-5-3-4-6-11(12)8-13/h10-11,13H,3-9H2,1-2H3. The maximum Gasteiger partial charge on any atom is 0.0615 e. The van der Waals surface area contributed by atoms with Crippen LogP contribution in [0.2, 0.25) is 0 Å². The molecule has 14 heavy (non-hydrogen) atoms. The van der Waals surface area contributed by atoms with E-state index in [1.807, 2.05) is 0 Å². The number of methoxy groups -OCH3 is 1. The number of ether oxygens (including phenoxy) is 1. The van der Waals surface area contributed by atoms with Crippen molar-refractivity contribution in [1.82, 2.24) is 4.90 Å². The lowest BCUT2D eigenvalue weighted by molar-refractivity contribution is 0.0469. The Morgan fingerprint density at radius 3 is 2.86 bits per heavy atom. The number of likely N-dealkylation sites (tertiary alicyclic amines) is 1. The van der Waals surface area contributed by atoms with Crippen molar-refractivity contribution in [2.45, 2.75) is 44.7 Å². The van der Waals surface area contributed by atoms with Crippen molar-refractivity contribution in [2.75, 3.05) is 26.9 Å². The van der Waals surface area contributed by atoms with Crippen LogP contribution in [-0.4, -0.2) is 49.0 Å². The van der Waals surface area contributed by atoms with E-state index in [2.05, 4.69) is 11.8 Å². The van der Waals surface area contributed by atoms with Crippen LogP contribution in [0, 0.1) is 0 Å². The average molecular weight is 201 g/mol. The van der Waals surface area contributed by atoms with E-state index in [9.17, 15) is 5.11 Å². The summed E-state index contributed by atoms with van der Waals surface area (Å²) in [5.74, 6) is 0. The van der Waals surface area contributed by atoms with E-state index in [1.54, 1.807) is 7.11 Å². The molecule has 0 aromatic carbocycles. The van der Waals surface area contributed by atoms with Crippen molar-refractivity contribution >= 4 is 0 Å². The van der Waals surface area contributed by atoms with Crippen LogP contribution in [0.15, 0.2) is 0 Å². The fourth-order valence-corrected chi connectivity index (χ4v) is 2.31. The number of aliphatic hydroxyl groups excluding tert-OH is 1. The minimum Gasteiger partial charge on any atom is -0.395 e. The van der Waals surface area contributed by atoms with Gasteiger partial charge in [0.2, 0.25) is 0 Å². The maximum absolute atomic E-state index is 9.32. The summed E-state index contributed by atoms with van der Waals surface area (Å²) >= 11 is 0. The van der Waals surface area contributed by atoms with E-state index >= 15 is 0 Å². The van der Waals surface area contributed by atoms with E-state index in [0.29, 0.717) is 12.1 Å². The van der Waals surface area contributed by atoms with Gasteiger partial charge >= 0.3 is 0 Å². The van der Waals surface area contributed by atoms with Crippen LogP contribution in [0.4, 0.5) is 0 Å². The summed E-state index contributed by atoms with van der Waals surface area (Å²) < 4.78 is 5.17. The van der Waals surface area contributed by atoms with Crippen molar-refractivity contribution in [3.8, 4) is 0 Å². The zero-order valence-electron chi connectivity index (χ0n) is 9.41. The fraction of sp³-hybridized carbons (Fsp3) is 1.00. The molecule has 1 fully saturated rings. The summed E-state index contributed by atoms with van der Waals surface area (Å²) in [7, 11) is 1.74. The van der Waals surface area contributed by atoms with Crippen molar-refractivity contribution in [2.24, 2.45) is 0 Å². The molecule has 3 heteroatoms. The quantitative estimate of drug-likeness (QED) is 0.743. The lowest BCUT2D eigenvalue weighted by atomic mass is 10.1. The third-order valence-corrected chi connectivity index (χ3v) is 3.11. The molecule has 1 saturated heterocycles. The van der Waals surface area contributed by atoms with Gasteiger partial charge in [-0.05, 0) is 26.3 Å². The molecule has 0 aliphatic carbocycles. The van der Waals surface area contributed by atoms with Gasteiger partial charge in [-0.25, -0.2) is 0 Å². The molecule has 1 aliphatic heterocycles. The molecule has 0 saturated carbocycles. The smallest absolute Gasteiger partial charge is 0.0615 e.